The molecule has 0 bridgehead atoms. The minimum atomic E-state index is -0.624. The lowest BCUT2D eigenvalue weighted by atomic mass is 10.1. The molecule has 2 aromatic heterocycles. The SMILES string of the molecule is CCNc1nc(N2CCC(C)(O)C2)c2cc(C)sc2n1. The summed E-state index contributed by atoms with van der Waals surface area (Å²) < 4.78 is 0. The number of fused-ring (bicyclic) bond motifs is 1. The molecular weight excluding hydrogens is 272 g/mol. The Bertz CT molecular complexity index is 637. The fraction of sp³-hybridized carbons (Fsp3) is 0.571. The molecule has 0 aromatic carbocycles. The second-order valence-electron chi connectivity index (χ2n) is 5.65. The van der Waals surface area contributed by atoms with Crippen LogP contribution < -0.4 is 10.2 Å². The van der Waals surface area contributed by atoms with Gasteiger partial charge in [0, 0.05) is 24.5 Å². The maximum atomic E-state index is 10.2. The van der Waals surface area contributed by atoms with E-state index < -0.39 is 5.60 Å². The normalized spacial score (nSPS) is 22.7. The molecule has 1 unspecified atom stereocenters. The summed E-state index contributed by atoms with van der Waals surface area (Å²) in [5.41, 5.74) is -0.624. The average molecular weight is 292 g/mol. The van der Waals surface area contributed by atoms with Gasteiger partial charge in [-0.2, -0.15) is 4.98 Å². The highest BCUT2D eigenvalue weighted by atomic mass is 32.1. The van der Waals surface area contributed by atoms with Crippen molar-refractivity contribution in [1.82, 2.24) is 9.97 Å². The molecule has 3 rings (SSSR count). The predicted molar refractivity (Wildman–Crippen MR) is 83.8 cm³/mol. The molecule has 1 aliphatic heterocycles. The Labute approximate surface area is 122 Å². The number of aromatic nitrogens is 2. The van der Waals surface area contributed by atoms with Gasteiger partial charge in [-0.3, -0.25) is 0 Å². The Kier molecular flexibility index (Phi) is 3.30. The Balaban J connectivity index is 2.07. The molecular formula is C14H20N4OS. The maximum Gasteiger partial charge on any atom is 0.226 e. The molecule has 5 nitrogen and oxygen atoms in total. The van der Waals surface area contributed by atoms with E-state index in [9.17, 15) is 5.11 Å². The van der Waals surface area contributed by atoms with Crippen molar-refractivity contribution in [3.05, 3.63) is 10.9 Å². The largest absolute Gasteiger partial charge is 0.388 e. The number of hydrogen-bond donors (Lipinski definition) is 2. The first kappa shape index (κ1) is 13.6. The summed E-state index contributed by atoms with van der Waals surface area (Å²) in [6, 6.07) is 2.14. The molecule has 3 heterocycles. The van der Waals surface area contributed by atoms with Crippen molar-refractivity contribution in [2.75, 3.05) is 29.9 Å². The number of nitrogens with zero attached hydrogens (tertiary/aromatic N) is 3. The molecule has 1 fully saturated rings. The van der Waals surface area contributed by atoms with Gasteiger partial charge >= 0.3 is 0 Å². The maximum absolute atomic E-state index is 10.2. The standard InChI is InChI=1S/C14H20N4OS/c1-4-15-13-16-11(18-6-5-14(3,19)8-18)10-7-9(2)20-12(10)17-13/h7,19H,4-6,8H2,1-3H3,(H,15,16,17). The number of thiophene rings is 1. The van der Waals surface area contributed by atoms with E-state index in [1.807, 2.05) is 13.8 Å². The van der Waals surface area contributed by atoms with Crippen LogP contribution in [0.3, 0.4) is 0 Å². The zero-order valence-electron chi connectivity index (χ0n) is 12.1. The first-order valence-corrected chi connectivity index (χ1v) is 7.79. The topological polar surface area (TPSA) is 61.3 Å². The van der Waals surface area contributed by atoms with Gasteiger partial charge in [0.2, 0.25) is 5.95 Å². The average Bonchev–Trinajstić information content (AvgIpc) is 2.90. The van der Waals surface area contributed by atoms with E-state index in [-0.39, 0.29) is 0 Å². The Morgan fingerprint density at radius 1 is 1.50 bits per heavy atom. The fourth-order valence-electron chi connectivity index (χ4n) is 2.63. The molecule has 6 heteroatoms. The fourth-order valence-corrected chi connectivity index (χ4v) is 3.51. The number of aryl methyl sites for hydroxylation is 1. The van der Waals surface area contributed by atoms with Gasteiger partial charge in [0.1, 0.15) is 10.6 Å². The molecule has 20 heavy (non-hydrogen) atoms. The third-order valence-electron chi connectivity index (χ3n) is 3.58. The Morgan fingerprint density at radius 2 is 2.30 bits per heavy atom. The minimum Gasteiger partial charge on any atom is -0.388 e. The summed E-state index contributed by atoms with van der Waals surface area (Å²) in [7, 11) is 0. The van der Waals surface area contributed by atoms with E-state index in [0.29, 0.717) is 12.5 Å². The number of hydrogen-bond acceptors (Lipinski definition) is 6. The lowest BCUT2D eigenvalue weighted by Crippen LogP contribution is -2.30. The van der Waals surface area contributed by atoms with Crippen LogP contribution in [0.15, 0.2) is 6.07 Å². The number of rotatable bonds is 3. The van der Waals surface area contributed by atoms with E-state index in [1.54, 1.807) is 11.3 Å². The van der Waals surface area contributed by atoms with E-state index in [0.717, 1.165) is 35.5 Å². The van der Waals surface area contributed by atoms with Crippen molar-refractivity contribution >= 4 is 33.3 Å². The Hall–Kier alpha value is -1.40. The molecule has 0 spiro atoms. The van der Waals surface area contributed by atoms with Crippen LogP contribution >= 0.6 is 11.3 Å². The van der Waals surface area contributed by atoms with E-state index in [1.165, 1.54) is 4.88 Å². The predicted octanol–water partition coefficient (Wildman–Crippen LogP) is 2.39. The van der Waals surface area contributed by atoms with E-state index in [2.05, 4.69) is 33.2 Å². The summed E-state index contributed by atoms with van der Waals surface area (Å²) in [5.74, 6) is 1.61. The van der Waals surface area contributed by atoms with Crippen molar-refractivity contribution in [2.45, 2.75) is 32.8 Å². The van der Waals surface area contributed by atoms with Gasteiger partial charge in [0.05, 0.1) is 11.0 Å². The molecule has 0 saturated carbocycles. The second kappa shape index (κ2) is 4.86. The number of nitrogens with one attached hydrogen (secondary N) is 1. The van der Waals surface area contributed by atoms with Crippen LogP contribution in [0.4, 0.5) is 11.8 Å². The quantitative estimate of drug-likeness (QED) is 0.909. The zero-order chi connectivity index (χ0) is 14.3. The molecule has 0 amide bonds. The van der Waals surface area contributed by atoms with Crippen LogP contribution in [0.2, 0.25) is 0 Å². The van der Waals surface area contributed by atoms with Gasteiger partial charge in [-0.05, 0) is 33.3 Å². The van der Waals surface area contributed by atoms with Crippen LogP contribution in [0, 0.1) is 6.92 Å². The summed E-state index contributed by atoms with van der Waals surface area (Å²) in [5, 5.41) is 14.5. The van der Waals surface area contributed by atoms with Crippen LogP contribution in [-0.2, 0) is 0 Å². The van der Waals surface area contributed by atoms with Gasteiger partial charge in [0.15, 0.2) is 0 Å². The first-order valence-electron chi connectivity index (χ1n) is 6.98. The van der Waals surface area contributed by atoms with Crippen molar-refractivity contribution in [3.8, 4) is 0 Å². The monoisotopic (exact) mass is 292 g/mol. The molecule has 108 valence electrons. The van der Waals surface area contributed by atoms with Gasteiger partial charge < -0.3 is 15.3 Å². The summed E-state index contributed by atoms with van der Waals surface area (Å²) >= 11 is 1.68. The van der Waals surface area contributed by atoms with Crippen molar-refractivity contribution in [3.63, 3.8) is 0 Å². The number of anilines is 2. The smallest absolute Gasteiger partial charge is 0.226 e. The van der Waals surface area contributed by atoms with Gasteiger partial charge in [-0.1, -0.05) is 0 Å². The highest BCUT2D eigenvalue weighted by Gasteiger charge is 2.33. The lowest BCUT2D eigenvalue weighted by Gasteiger charge is -2.21. The van der Waals surface area contributed by atoms with Gasteiger partial charge in [0.25, 0.3) is 0 Å². The highest BCUT2D eigenvalue weighted by molar-refractivity contribution is 7.18. The second-order valence-corrected chi connectivity index (χ2v) is 6.88. The molecule has 1 saturated heterocycles. The zero-order valence-corrected chi connectivity index (χ0v) is 12.9. The third-order valence-corrected chi connectivity index (χ3v) is 4.53. The van der Waals surface area contributed by atoms with E-state index in [4.69, 9.17) is 0 Å². The molecule has 0 aliphatic carbocycles. The molecule has 1 aliphatic rings. The van der Waals surface area contributed by atoms with Crippen LogP contribution in [0.1, 0.15) is 25.1 Å². The van der Waals surface area contributed by atoms with Crippen LogP contribution in [-0.4, -0.2) is 40.3 Å². The lowest BCUT2D eigenvalue weighted by molar-refractivity contribution is 0.0839. The molecule has 0 radical (unpaired) electrons. The van der Waals surface area contributed by atoms with E-state index >= 15 is 0 Å². The first-order chi connectivity index (χ1) is 9.48. The minimum absolute atomic E-state index is 0.624. The van der Waals surface area contributed by atoms with Crippen molar-refractivity contribution < 1.29 is 5.11 Å². The summed E-state index contributed by atoms with van der Waals surface area (Å²) in [6.07, 6.45) is 0.776. The highest BCUT2D eigenvalue weighted by Crippen LogP contribution is 2.34. The van der Waals surface area contributed by atoms with Crippen molar-refractivity contribution in [2.24, 2.45) is 0 Å². The number of aliphatic hydroxyl groups is 1. The molecule has 2 N–H and O–H groups in total. The van der Waals surface area contributed by atoms with Crippen molar-refractivity contribution in [1.29, 1.82) is 0 Å². The van der Waals surface area contributed by atoms with Crippen LogP contribution in [0.25, 0.3) is 10.2 Å². The van der Waals surface area contributed by atoms with Gasteiger partial charge in [-0.25, -0.2) is 4.98 Å². The van der Waals surface area contributed by atoms with Crippen LogP contribution in [0.5, 0.6) is 0 Å². The molecule has 2 aromatic rings. The summed E-state index contributed by atoms with van der Waals surface area (Å²) in [6.45, 7) is 8.26. The number of β-amino-alcohol motifs (C(OH)–C–C–N with tert-alkyl or cyclic N) is 1. The Morgan fingerprint density at radius 3 is 2.95 bits per heavy atom. The summed E-state index contributed by atoms with van der Waals surface area (Å²) in [4.78, 5) is 13.6. The van der Waals surface area contributed by atoms with Gasteiger partial charge in [-0.15, -0.1) is 11.3 Å². The third kappa shape index (κ3) is 2.45. The molecule has 1 atom stereocenters.